The van der Waals surface area contributed by atoms with Gasteiger partial charge < -0.3 is 19.5 Å². The Labute approximate surface area is 170 Å². The van der Waals surface area contributed by atoms with E-state index in [1.807, 2.05) is 50.1 Å². The Balaban J connectivity index is 1.67. The Hall–Kier alpha value is -2.44. The van der Waals surface area contributed by atoms with E-state index in [2.05, 4.69) is 5.32 Å². The number of carbonyl (C=O) groups is 1. The van der Waals surface area contributed by atoms with Gasteiger partial charge in [-0.25, -0.2) is 0 Å². The molecule has 0 spiro atoms. The number of nitrogens with zero attached hydrogens (tertiary/aromatic N) is 1. The third kappa shape index (κ3) is 4.51. The molecule has 0 saturated carbocycles. The summed E-state index contributed by atoms with van der Waals surface area (Å²) in [6, 6.07) is 9.02. The summed E-state index contributed by atoms with van der Waals surface area (Å²) in [5, 5.41) is 3.53. The molecule has 0 fully saturated rings. The topological polar surface area (TPSA) is 60.0 Å². The molecule has 0 saturated heterocycles. The number of hydrogen-bond acceptors (Lipinski definition) is 5. The number of methoxy groups -OCH3 is 1. The lowest BCUT2D eigenvalue weighted by Gasteiger charge is -2.25. The molecule has 28 heavy (non-hydrogen) atoms. The van der Waals surface area contributed by atoms with Crippen LogP contribution in [0.3, 0.4) is 0 Å². The van der Waals surface area contributed by atoms with Crippen molar-refractivity contribution < 1.29 is 19.0 Å². The zero-order valence-electron chi connectivity index (χ0n) is 16.5. The van der Waals surface area contributed by atoms with Gasteiger partial charge in [-0.1, -0.05) is 17.7 Å². The van der Waals surface area contributed by atoms with E-state index >= 15 is 0 Å². The van der Waals surface area contributed by atoms with Gasteiger partial charge in [0.15, 0.2) is 11.5 Å². The van der Waals surface area contributed by atoms with E-state index < -0.39 is 0 Å². The third-order valence-electron chi connectivity index (χ3n) is 4.82. The number of halogens is 1. The molecular formula is C21H25ClN2O4. The first-order valence-corrected chi connectivity index (χ1v) is 9.50. The molecule has 0 aromatic heterocycles. The van der Waals surface area contributed by atoms with Gasteiger partial charge in [-0.15, -0.1) is 0 Å². The Morgan fingerprint density at radius 2 is 1.96 bits per heavy atom. The minimum Gasteiger partial charge on any atom is -0.495 e. The second-order valence-electron chi connectivity index (χ2n) is 6.86. The molecular weight excluding hydrogens is 380 g/mol. The van der Waals surface area contributed by atoms with Crippen molar-refractivity contribution in [2.75, 3.05) is 32.7 Å². The molecule has 0 aliphatic carbocycles. The van der Waals surface area contributed by atoms with E-state index in [4.69, 9.17) is 25.8 Å². The van der Waals surface area contributed by atoms with Crippen molar-refractivity contribution >= 4 is 23.2 Å². The van der Waals surface area contributed by atoms with Crippen molar-refractivity contribution in [1.82, 2.24) is 4.90 Å². The maximum Gasteiger partial charge on any atom is 0.241 e. The van der Waals surface area contributed by atoms with Crippen LogP contribution in [0.5, 0.6) is 17.2 Å². The normalized spacial score (nSPS) is 13.9. The molecule has 150 valence electrons. The molecule has 0 radical (unpaired) electrons. The second-order valence-corrected chi connectivity index (χ2v) is 7.27. The van der Waals surface area contributed by atoms with Crippen molar-refractivity contribution in [3.05, 3.63) is 46.5 Å². The number of fused-ring (bicyclic) bond motifs is 1. The zero-order valence-corrected chi connectivity index (χ0v) is 17.3. The molecule has 2 aromatic rings. The zero-order chi connectivity index (χ0) is 20.3. The van der Waals surface area contributed by atoms with E-state index in [1.165, 1.54) is 0 Å². The quantitative estimate of drug-likeness (QED) is 0.791. The number of anilines is 1. The fourth-order valence-corrected chi connectivity index (χ4v) is 3.13. The Morgan fingerprint density at radius 3 is 2.68 bits per heavy atom. The molecule has 7 heteroatoms. The first-order chi connectivity index (χ1) is 13.4. The summed E-state index contributed by atoms with van der Waals surface area (Å²) >= 11 is 6.13. The SMILES string of the molecule is COc1cc(Cl)c(C)cc1NC(=O)[C@@H](C)N(C)Cc1ccc2c(c1)OCCO2. The number of rotatable bonds is 6. The summed E-state index contributed by atoms with van der Waals surface area (Å²) in [4.78, 5) is 14.7. The van der Waals surface area contributed by atoms with Gasteiger partial charge in [0.25, 0.3) is 0 Å². The highest BCUT2D eigenvalue weighted by Crippen LogP contribution is 2.32. The van der Waals surface area contributed by atoms with Gasteiger partial charge in [0.1, 0.15) is 19.0 Å². The molecule has 2 aromatic carbocycles. The fraction of sp³-hybridized carbons (Fsp3) is 0.381. The summed E-state index contributed by atoms with van der Waals surface area (Å²) in [5.41, 5.74) is 2.52. The first kappa shape index (κ1) is 20.3. The Bertz CT molecular complexity index is 872. The van der Waals surface area contributed by atoms with Crippen LogP contribution in [0.15, 0.2) is 30.3 Å². The van der Waals surface area contributed by atoms with Gasteiger partial charge in [0.2, 0.25) is 5.91 Å². The first-order valence-electron chi connectivity index (χ1n) is 9.13. The number of aryl methyl sites for hydroxylation is 1. The summed E-state index contributed by atoms with van der Waals surface area (Å²) < 4.78 is 16.5. The lowest BCUT2D eigenvalue weighted by molar-refractivity contribution is -0.120. The van der Waals surface area contributed by atoms with E-state index in [1.54, 1.807) is 13.2 Å². The number of ether oxygens (including phenoxy) is 3. The molecule has 6 nitrogen and oxygen atoms in total. The smallest absolute Gasteiger partial charge is 0.241 e. The Kier molecular flexibility index (Phi) is 6.31. The van der Waals surface area contributed by atoms with E-state index in [9.17, 15) is 4.79 Å². The van der Waals surface area contributed by atoms with Crippen LogP contribution < -0.4 is 19.5 Å². The predicted octanol–water partition coefficient (Wildman–Crippen LogP) is 3.89. The van der Waals surface area contributed by atoms with Crippen LogP contribution in [0, 0.1) is 6.92 Å². The molecule has 3 rings (SSSR count). The van der Waals surface area contributed by atoms with Crippen molar-refractivity contribution in [1.29, 1.82) is 0 Å². The number of hydrogen-bond donors (Lipinski definition) is 1. The molecule has 1 heterocycles. The minimum absolute atomic E-state index is 0.125. The van der Waals surface area contributed by atoms with Gasteiger partial charge in [0, 0.05) is 17.6 Å². The highest BCUT2D eigenvalue weighted by atomic mass is 35.5. The molecule has 1 aliphatic rings. The largest absolute Gasteiger partial charge is 0.495 e. The monoisotopic (exact) mass is 404 g/mol. The third-order valence-corrected chi connectivity index (χ3v) is 5.22. The highest BCUT2D eigenvalue weighted by molar-refractivity contribution is 6.31. The molecule has 0 bridgehead atoms. The van der Waals surface area contributed by atoms with Crippen molar-refractivity contribution in [3.63, 3.8) is 0 Å². The van der Waals surface area contributed by atoms with E-state index in [0.29, 0.717) is 36.2 Å². The van der Waals surface area contributed by atoms with Gasteiger partial charge in [0.05, 0.1) is 18.8 Å². The van der Waals surface area contributed by atoms with Crippen LogP contribution in [0.4, 0.5) is 5.69 Å². The van der Waals surface area contributed by atoms with Crippen LogP contribution in [0.1, 0.15) is 18.1 Å². The number of likely N-dealkylation sites (N-methyl/N-ethyl adjacent to an activating group) is 1. The highest BCUT2D eigenvalue weighted by Gasteiger charge is 2.21. The molecule has 1 atom stereocenters. The number of nitrogens with one attached hydrogen (secondary N) is 1. The molecule has 1 aliphatic heterocycles. The average Bonchev–Trinajstić information content (AvgIpc) is 2.69. The van der Waals surface area contributed by atoms with Crippen LogP contribution in [0.25, 0.3) is 0 Å². The fourth-order valence-electron chi connectivity index (χ4n) is 2.98. The standard InChI is InChI=1S/C21H25ClN2O4/c1-13-9-17(19(26-4)11-16(13)22)23-21(25)14(2)24(3)12-15-5-6-18-20(10-15)28-8-7-27-18/h5-6,9-11,14H,7-8,12H2,1-4H3,(H,23,25)/t14-/m1/s1. The van der Waals surface area contributed by atoms with Crippen LogP contribution in [-0.4, -0.2) is 44.2 Å². The molecule has 1 amide bonds. The van der Waals surface area contributed by atoms with Gasteiger partial charge in [-0.3, -0.25) is 9.69 Å². The van der Waals surface area contributed by atoms with Crippen molar-refractivity contribution in [2.45, 2.75) is 26.4 Å². The Morgan fingerprint density at radius 1 is 1.25 bits per heavy atom. The summed E-state index contributed by atoms with van der Waals surface area (Å²) in [6.45, 7) is 5.46. The molecule has 0 unspecified atom stereocenters. The summed E-state index contributed by atoms with van der Waals surface area (Å²) in [6.07, 6.45) is 0. The predicted molar refractivity (Wildman–Crippen MR) is 110 cm³/mol. The van der Waals surface area contributed by atoms with Gasteiger partial charge in [-0.2, -0.15) is 0 Å². The number of benzene rings is 2. The van der Waals surface area contributed by atoms with E-state index in [-0.39, 0.29) is 11.9 Å². The number of amides is 1. The number of carbonyl (C=O) groups excluding carboxylic acids is 1. The molecule has 1 N–H and O–H groups in total. The van der Waals surface area contributed by atoms with Crippen molar-refractivity contribution in [2.24, 2.45) is 0 Å². The maximum atomic E-state index is 12.8. The van der Waals surface area contributed by atoms with Gasteiger partial charge >= 0.3 is 0 Å². The minimum atomic E-state index is -0.353. The summed E-state index contributed by atoms with van der Waals surface area (Å²) in [5.74, 6) is 1.91. The van der Waals surface area contributed by atoms with Crippen LogP contribution in [-0.2, 0) is 11.3 Å². The average molecular weight is 405 g/mol. The lowest BCUT2D eigenvalue weighted by Crippen LogP contribution is -2.39. The summed E-state index contributed by atoms with van der Waals surface area (Å²) in [7, 11) is 3.46. The van der Waals surface area contributed by atoms with Crippen LogP contribution in [0.2, 0.25) is 5.02 Å². The maximum absolute atomic E-state index is 12.8. The van der Waals surface area contributed by atoms with Crippen LogP contribution >= 0.6 is 11.6 Å². The lowest BCUT2D eigenvalue weighted by atomic mass is 10.1. The van der Waals surface area contributed by atoms with E-state index in [0.717, 1.165) is 22.6 Å². The van der Waals surface area contributed by atoms with Gasteiger partial charge in [-0.05, 0) is 50.2 Å². The second kappa shape index (κ2) is 8.71. The van der Waals surface area contributed by atoms with Crippen molar-refractivity contribution in [3.8, 4) is 17.2 Å².